The predicted octanol–water partition coefficient (Wildman–Crippen LogP) is 2.12. The standard InChI is InChI=1S/C10H9FO3S/c1-15(12,13)6-9-4-7-2-3-8(11)5-10(7)14-9/h2-5H,6H2,1H3. The zero-order valence-electron chi connectivity index (χ0n) is 8.03. The highest BCUT2D eigenvalue weighted by molar-refractivity contribution is 7.89. The van der Waals surface area contributed by atoms with Crippen LogP contribution in [0.2, 0.25) is 0 Å². The molecule has 1 heterocycles. The van der Waals surface area contributed by atoms with Gasteiger partial charge in [0.2, 0.25) is 0 Å². The lowest BCUT2D eigenvalue weighted by atomic mass is 10.2. The van der Waals surface area contributed by atoms with Gasteiger partial charge in [0.15, 0.2) is 9.84 Å². The second-order valence-corrected chi connectivity index (χ2v) is 5.61. The maximum atomic E-state index is 12.8. The average molecular weight is 228 g/mol. The Morgan fingerprint density at radius 1 is 1.33 bits per heavy atom. The van der Waals surface area contributed by atoms with Crippen molar-refractivity contribution in [2.45, 2.75) is 5.75 Å². The Morgan fingerprint density at radius 2 is 2.07 bits per heavy atom. The Hall–Kier alpha value is -1.36. The Kier molecular flexibility index (Phi) is 2.26. The van der Waals surface area contributed by atoms with Crippen molar-refractivity contribution in [3.63, 3.8) is 0 Å². The third-order valence-corrected chi connectivity index (χ3v) is 2.75. The minimum Gasteiger partial charge on any atom is -0.460 e. The fourth-order valence-electron chi connectivity index (χ4n) is 1.39. The van der Waals surface area contributed by atoms with E-state index in [1.165, 1.54) is 12.1 Å². The molecule has 80 valence electrons. The molecule has 1 aromatic heterocycles. The van der Waals surface area contributed by atoms with E-state index in [0.29, 0.717) is 16.7 Å². The van der Waals surface area contributed by atoms with Crippen LogP contribution >= 0.6 is 0 Å². The summed E-state index contributed by atoms with van der Waals surface area (Å²) in [6, 6.07) is 5.71. The van der Waals surface area contributed by atoms with E-state index in [0.717, 1.165) is 6.26 Å². The minimum absolute atomic E-state index is 0.163. The van der Waals surface area contributed by atoms with Crippen molar-refractivity contribution in [3.8, 4) is 0 Å². The van der Waals surface area contributed by atoms with Gasteiger partial charge in [0.05, 0.1) is 0 Å². The number of sulfone groups is 1. The Morgan fingerprint density at radius 3 is 2.73 bits per heavy atom. The molecule has 3 nitrogen and oxygen atoms in total. The maximum Gasteiger partial charge on any atom is 0.154 e. The van der Waals surface area contributed by atoms with Crippen molar-refractivity contribution in [2.24, 2.45) is 0 Å². The first-order valence-electron chi connectivity index (χ1n) is 4.30. The predicted molar refractivity (Wildman–Crippen MR) is 54.7 cm³/mol. The van der Waals surface area contributed by atoms with Crippen molar-refractivity contribution in [2.75, 3.05) is 6.26 Å². The number of halogens is 1. The maximum absolute atomic E-state index is 12.8. The number of hydrogen-bond donors (Lipinski definition) is 0. The van der Waals surface area contributed by atoms with E-state index in [2.05, 4.69) is 0 Å². The fourth-order valence-corrected chi connectivity index (χ4v) is 2.05. The van der Waals surface area contributed by atoms with E-state index >= 15 is 0 Å². The number of fused-ring (bicyclic) bond motifs is 1. The Balaban J connectivity index is 2.48. The van der Waals surface area contributed by atoms with Crippen molar-refractivity contribution >= 4 is 20.8 Å². The molecule has 0 atom stereocenters. The topological polar surface area (TPSA) is 47.3 Å². The van der Waals surface area contributed by atoms with E-state index < -0.39 is 15.7 Å². The van der Waals surface area contributed by atoms with Crippen LogP contribution in [0.5, 0.6) is 0 Å². The lowest BCUT2D eigenvalue weighted by Crippen LogP contribution is -1.98. The van der Waals surface area contributed by atoms with Gasteiger partial charge in [-0.2, -0.15) is 0 Å². The van der Waals surface area contributed by atoms with Crippen LogP contribution in [0.3, 0.4) is 0 Å². The summed E-state index contributed by atoms with van der Waals surface area (Å²) in [6.45, 7) is 0. The first-order valence-corrected chi connectivity index (χ1v) is 6.36. The van der Waals surface area contributed by atoms with Crippen LogP contribution in [0, 0.1) is 5.82 Å². The van der Waals surface area contributed by atoms with Crippen molar-refractivity contribution in [1.29, 1.82) is 0 Å². The van der Waals surface area contributed by atoms with E-state index in [9.17, 15) is 12.8 Å². The molecular formula is C10H9FO3S. The number of hydrogen-bond acceptors (Lipinski definition) is 3. The summed E-state index contributed by atoms with van der Waals surface area (Å²) in [4.78, 5) is 0. The van der Waals surface area contributed by atoms with Gasteiger partial charge in [-0.25, -0.2) is 12.8 Å². The minimum atomic E-state index is -3.12. The van der Waals surface area contributed by atoms with E-state index in [4.69, 9.17) is 4.42 Å². The SMILES string of the molecule is CS(=O)(=O)Cc1cc2ccc(F)cc2o1. The first kappa shape index (κ1) is 10.2. The summed E-state index contributed by atoms with van der Waals surface area (Å²) < 4.78 is 40.0. The molecule has 0 spiro atoms. The van der Waals surface area contributed by atoms with E-state index in [1.54, 1.807) is 12.1 Å². The molecule has 0 unspecified atom stereocenters. The summed E-state index contributed by atoms with van der Waals surface area (Å²) in [5.74, 6) is -0.232. The van der Waals surface area contributed by atoms with Crippen molar-refractivity contribution < 1.29 is 17.2 Å². The van der Waals surface area contributed by atoms with Crippen LogP contribution in [0.1, 0.15) is 5.76 Å². The third-order valence-electron chi connectivity index (χ3n) is 1.94. The highest BCUT2D eigenvalue weighted by atomic mass is 32.2. The molecule has 0 radical (unpaired) electrons. The molecule has 2 aromatic rings. The first-order chi connectivity index (χ1) is 6.94. The number of rotatable bonds is 2. The van der Waals surface area contributed by atoms with Gasteiger partial charge in [-0.1, -0.05) is 0 Å². The smallest absolute Gasteiger partial charge is 0.154 e. The van der Waals surface area contributed by atoms with Crippen LogP contribution in [0.25, 0.3) is 11.0 Å². The Labute approximate surface area is 86.4 Å². The van der Waals surface area contributed by atoms with Gasteiger partial charge in [0.1, 0.15) is 22.9 Å². The molecule has 0 saturated heterocycles. The van der Waals surface area contributed by atoms with Crippen LogP contribution in [0.4, 0.5) is 4.39 Å². The van der Waals surface area contributed by atoms with Gasteiger partial charge >= 0.3 is 0 Å². The van der Waals surface area contributed by atoms with Crippen LogP contribution in [0.15, 0.2) is 28.7 Å². The van der Waals surface area contributed by atoms with E-state index in [-0.39, 0.29) is 5.75 Å². The van der Waals surface area contributed by atoms with Gasteiger partial charge in [0, 0.05) is 17.7 Å². The van der Waals surface area contributed by atoms with Gasteiger partial charge in [-0.3, -0.25) is 0 Å². The molecule has 0 aliphatic rings. The molecule has 0 bridgehead atoms. The number of furan rings is 1. The monoisotopic (exact) mass is 228 g/mol. The van der Waals surface area contributed by atoms with Gasteiger partial charge in [-0.15, -0.1) is 0 Å². The third kappa shape index (κ3) is 2.36. The molecule has 1 aromatic carbocycles. The second kappa shape index (κ2) is 3.34. The molecule has 0 saturated carbocycles. The van der Waals surface area contributed by atoms with Crippen molar-refractivity contribution in [3.05, 3.63) is 35.8 Å². The summed E-state index contributed by atoms with van der Waals surface area (Å²) in [6.07, 6.45) is 1.13. The summed E-state index contributed by atoms with van der Waals surface area (Å²) in [7, 11) is -3.12. The Bertz CT molecular complexity index is 598. The summed E-state index contributed by atoms with van der Waals surface area (Å²) in [5, 5.41) is 0.704. The van der Waals surface area contributed by atoms with Gasteiger partial charge < -0.3 is 4.42 Å². The quantitative estimate of drug-likeness (QED) is 0.791. The largest absolute Gasteiger partial charge is 0.460 e. The molecular weight excluding hydrogens is 219 g/mol. The zero-order valence-corrected chi connectivity index (χ0v) is 8.84. The summed E-state index contributed by atoms with van der Waals surface area (Å²) in [5.41, 5.74) is 0.369. The molecule has 5 heteroatoms. The van der Waals surface area contributed by atoms with Gasteiger partial charge in [0.25, 0.3) is 0 Å². The van der Waals surface area contributed by atoms with Gasteiger partial charge in [-0.05, 0) is 18.2 Å². The molecule has 2 rings (SSSR count). The molecule has 0 aliphatic heterocycles. The number of benzene rings is 1. The highest BCUT2D eigenvalue weighted by Crippen LogP contribution is 2.21. The molecule has 0 amide bonds. The van der Waals surface area contributed by atoms with Crippen molar-refractivity contribution in [1.82, 2.24) is 0 Å². The lowest BCUT2D eigenvalue weighted by Gasteiger charge is -1.91. The lowest BCUT2D eigenvalue weighted by molar-refractivity contribution is 0.553. The normalized spacial score (nSPS) is 12.1. The van der Waals surface area contributed by atoms with Crippen LogP contribution in [-0.4, -0.2) is 14.7 Å². The van der Waals surface area contributed by atoms with E-state index in [1.807, 2.05) is 0 Å². The second-order valence-electron chi connectivity index (χ2n) is 3.46. The summed E-state index contributed by atoms with van der Waals surface area (Å²) >= 11 is 0. The molecule has 0 fully saturated rings. The fraction of sp³-hybridized carbons (Fsp3) is 0.200. The van der Waals surface area contributed by atoms with Crippen LogP contribution < -0.4 is 0 Å². The highest BCUT2D eigenvalue weighted by Gasteiger charge is 2.10. The molecule has 15 heavy (non-hydrogen) atoms. The molecule has 0 N–H and O–H groups in total. The zero-order chi connectivity index (χ0) is 11.1. The molecule has 0 aliphatic carbocycles. The van der Waals surface area contributed by atoms with Crippen LogP contribution in [-0.2, 0) is 15.6 Å². The average Bonchev–Trinajstić information content (AvgIpc) is 2.42.